The molecule has 3 aromatic rings. The molecular formula is C21H19N3O3. The van der Waals surface area contributed by atoms with Crippen LogP contribution in [0.25, 0.3) is 11.3 Å². The molecule has 3 heterocycles. The Morgan fingerprint density at radius 2 is 1.93 bits per heavy atom. The van der Waals surface area contributed by atoms with Gasteiger partial charge in [-0.05, 0) is 36.2 Å². The van der Waals surface area contributed by atoms with Crippen LogP contribution in [0.3, 0.4) is 0 Å². The summed E-state index contributed by atoms with van der Waals surface area (Å²) in [6, 6.07) is 15.2. The second-order valence-electron chi connectivity index (χ2n) is 6.75. The number of ether oxygens (including phenoxy) is 2. The predicted molar refractivity (Wildman–Crippen MR) is 101 cm³/mol. The van der Waals surface area contributed by atoms with Gasteiger partial charge in [-0.15, -0.1) is 0 Å². The third-order valence-electron chi connectivity index (χ3n) is 4.97. The zero-order valence-electron chi connectivity index (χ0n) is 14.7. The number of nitrogens with zero attached hydrogens (tertiary/aromatic N) is 2. The summed E-state index contributed by atoms with van der Waals surface area (Å²) in [5, 5.41) is 2.90. The number of hydrogen-bond acceptors (Lipinski definition) is 4. The van der Waals surface area contributed by atoms with Crippen LogP contribution in [0.5, 0.6) is 11.5 Å². The Morgan fingerprint density at radius 3 is 2.78 bits per heavy atom. The Kier molecular flexibility index (Phi) is 3.81. The molecule has 0 aliphatic carbocycles. The molecule has 2 aromatic carbocycles. The average molecular weight is 361 g/mol. The number of carbonyl (C=O) groups excluding carboxylic acids is 1. The maximum atomic E-state index is 12.5. The van der Waals surface area contributed by atoms with Crippen LogP contribution >= 0.6 is 0 Å². The number of anilines is 1. The summed E-state index contributed by atoms with van der Waals surface area (Å²) in [7, 11) is 0. The SMILES string of the molecule is O=C(Nc1ccc(-c2cnc3n2CCC3)cc1)C1COc2ccccc2O1. The highest BCUT2D eigenvalue weighted by Crippen LogP contribution is 2.31. The van der Waals surface area contributed by atoms with Crippen molar-refractivity contribution in [2.24, 2.45) is 0 Å². The first-order chi connectivity index (χ1) is 13.3. The molecule has 2 aliphatic rings. The summed E-state index contributed by atoms with van der Waals surface area (Å²) in [6.45, 7) is 1.21. The molecule has 0 radical (unpaired) electrons. The van der Waals surface area contributed by atoms with Crippen molar-refractivity contribution in [3.63, 3.8) is 0 Å². The number of carbonyl (C=O) groups is 1. The van der Waals surface area contributed by atoms with Gasteiger partial charge < -0.3 is 19.4 Å². The molecule has 5 rings (SSSR count). The highest BCUT2D eigenvalue weighted by atomic mass is 16.6. The van der Waals surface area contributed by atoms with Crippen LogP contribution < -0.4 is 14.8 Å². The van der Waals surface area contributed by atoms with Crippen LogP contribution in [0.2, 0.25) is 0 Å². The molecule has 2 aliphatic heterocycles. The molecule has 0 fully saturated rings. The molecule has 1 aromatic heterocycles. The van der Waals surface area contributed by atoms with Gasteiger partial charge >= 0.3 is 0 Å². The van der Waals surface area contributed by atoms with Crippen molar-refractivity contribution in [1.82, 2.24) is 9.55 Å². The highest BCUT2D eigenvalue weighted by molar-refractivity contribution is 5.95. The van der Waals surface area contributed by atoms with E-state index in [0.717, 1.165) is 42.2 Å². The molecule has 27 heavy (non-hydrogen) atoms. The number of aromatic nitrogens is 2. The number of amides is 1. The van der Waals surface area contributed by atoms with Gasteiger partial charge in [0.15, 0.2) is 11.5 Å². The Hall–Kier alpha value is -3.28. The van der Waals surface area contributed by atoms with Crippen LogP contribution in [0.1, 0.15) is 12.2 Å². The van der Waals surface area contributed by atoms with E-state index in [4.69, 9.17) is 9.47 Å². The number of benzene rings is 2. The van der Waals surface area contributed by atoms with Gasteiger partial charge in [0.2, 0.25) is 6.10 Å². The zero-order chi connectivity index (χ0) is 18.2. The van der Waals surface area contributed by atoms with Gasteiger partial charge in [-0.25, -0.2) is 4.98 Å². The standard InChI is InChI=1S/C21H19N3O3/c25-21(19-13-26-17-4-1-2-5-18(17)27-19)23-15-9-7-14(8-10-15)16-12-22-20-6-3-11-24(16)20/h1-2,4-5,7-10,12,19H,3,6,11,13H2,(H,23,25). The summed E-state index contributed by atoms with van der Waals surface area (Å²) in [4.78, 5) is 17.0. The molecule has 6 heteroatoms. The fourth-order valence-corrected chi connectivity index (χ4v) is 3.58. The first-order valence-corrected chi connectivity index (χ1v) is 9.12. The Morgan fingerprint density at radius 1 is 1.11 bits per heavy atom. The van der Waals surface area contributed by atoms with Gasteiger partial charge in [-0.2, -0.15) is 0 Å². The third kappa shape index (κ3) is 2.93. The molecule has 1 N–H and O–H groups in total. The molecule has 0 saturated carbocycles. The summed E-state index contributed by atoms with van der Waals surface area (Å²) in [6.07, 6.45) is 3.45. The summed E-state index contributed by atoms with van der Waals surface area (Å²) in [5.74, 6) is 2.19. The lowest BCUT2D eigenvalue weighted by Crippen LogP contribution is -2.40. The van der Waals surface area contributed by atoms with Crippen LogP contribution in [0, 0.1) is 0 Å². The van der Waals surface area contributed by atoms with Crippen LogP contribution in [0.15, 0.2) is 54.7 Å². The fraction of sp³-hybridized carbons (Fsp3) is 0.238. The van der Waals surface area contributed by atoms with E-state index in [1.54, 1.807) is 6.07 Å². The monoisotopic (exact) mass is 361 g/mol. The minimum atomic E-state index is -0.669. The molecular weight excluding hydrogens is 342 g/mol. The molecule has 1 unspecified atom stereocenters. The maximum absolute atomic E-state index is 12.5. The number of rotatable bonds is 3. The predicted octanol–water partition coefficient (Wildman–Crippen LogP) is 3.27. The summed E-state index contributed by atoms with van der Waals surface area (Å²) >= 11 is 0. The van der Waals surface area contributed by atoms with Gasteiger partial charge in [0, 0.05) is 18.7 Å². The van der Waals surface area contributed by atoms with Crippen LogP contribution in [0.4, 0.5) is 5.69 Å². The van der Waals surface area contributed by atoms with Crippen molar-refractivity contribution in [3.8, 4) is 22.8 Å². The molecule has 1 amide bonds. The quantitative estimate of drug-likeness (QED) is 0.778. The lowest BCUT2D eigenvalue weighted by Gasteiger charge is -2.25. The topological polar surface area (TPSA) is 65.4 Å². The molecule has 6 nitrogen and oxygen atoms in total. The zero-order valence-corrected chi connectivity index (χ0v) is 14.7. The van der Waals surface area contributed by atoms with E-state index in [1.807, 2.05) is 48.7 Å². The number of nitrogens with one attached hydrogen (secondary N) is 1. The molecule has 136 valence electrons. The van der Waals surface area contributed by atoms with Crippen molar-refractivity contribution in [2.75, 3.05) is 11.9 Å². The normalized spacial score (nSPS) is 17.4. The first kappa shape index (κ1) is 15.9. The van der Waals surface area contributed by atoms with Crippen LogP contribution in [-0.4, -0.2) is 28.2 Å². The number of para-hydroxylation sites is 2. The number of hydrogen-bond donors (Lipinski definition) is 1. The van der Waals surface area contributed by atoms with E-state index in [1.165, 1.54) is 0 Å². The summed E-state index contributed by atoms with van der Waals surface area (Å²) in [5.41, 5.74) is 2.95. The minimum Gasteiger partial charge on any atom is -0.485 e. The van der Waals surface area contributed by atoms with Gasteiger partial charge in [-0.3, -0.25) is 4.79 Å². The number of aryl methyl sites for hydroxylation is 1. The van der Waals surface area contributed by atoms with Crippen molar-refractivity contribution in [1.29, 1.82) is 0 Å². The molecule has 1 atom stereocenters. The van der Waals surface area contributed by atoms with E-state index >= 15 is 0 Å². The van der Waals surface area contributed by atoms with E-state index in [2.05, 4.69) is 14.9 Å². The average Bonchev–Trinajstić information content (AvgIpc) is 3.32. The maximum Gasteiger partial charge on any atom is 0.269 e. The highest BCUT2D eigenvalue weighted by Gasteiger charge is 2.27. The molecule has 0 saturated heterocycles. The van der Waals surface area contributed by atoms with E-state index in [0.29, 0.717) is 11.5 Å². The number of fused-ring (bicyclic) bond motifs is 2. The minimum absolute atomic E-state index is 0.197. The Bertz CT molecular complexity index is 994. The van der Waals surface area contributed by atoms with Gasteiger partial charge in [0.1, 0.15) is 12.4 Å². The van der Waals surface area contributed by atoms with Crippen molar-refractivity contribution >= 4 is 11.6 Å². The van der Waals surface area contributed by atoms with Crippen molar-refractivity contribution in [2.45, 2.75) is 25.5 Å². The van der Waals surface area contributed by atoms with Gasteiger partial charge in [-0.1, -0.05) is 24.3 Å². The first-order valence-electron chi connectivity index (χ1n) is 9.12. The van der Waals surface area contributed by atoms with E-state index in [-0.39, 0.29) is 12.5 Å². The Balaban J connectivity index is 1.28. The fourth-order valence-electron chi connectivity index (χ4n) is 3.58. The van der Waals surface area contributed by atoms with Crippen molar-refractivity contribution < 1.29 is 14.3 Å². The van der Waals surface area contributed by atoms with Crippen LogP contribution in [-0.2, 0) is 17.8 Å². The smallest absolute Gasteiger partial charge is 0.269 e. The second kappa shape index (κ2) is 6.46. The largest absolute Gasteiger partial charge is 0.485 e. The lowest BCUT2D eigenvalue weighted by molar-refractivity contribution is -0.125. The lowest BCUT2D eigenvalue weighted by atomic mass is 10.1. The number of imidazole rings is 1. The van der Waals surface area contributed by atoms with Gasteiger partial charge in [0.25, 0.3) is 5.91 Å². The van der Waals surface area contributed by atoms with E-state index in [9.17, 15) is 4.79 Å². The van der Waals surface area contributed by atoms with Gasteiger partial charge in [0.05, 0.1) is 11.9 Å². The second-order valence-corrected chi connectivity index (χ2v) is 6.75. The Labute approximate surface area is 156 Å². The molecule has 0 bridgehead atoms. The van der Waals surface area contributed by atoms with E-state index < -0.39 is 6.10 Å². The molecule has 0 spiro atoms. The van der Waals surface area contributed by atoms with Crippen molar-refractivity contribution in [3.05, 3.63) is 60.6 Å². The summed E-state index contributed by atoms with van der Waals surface area (Å²) < 4.78 is 13.6. The third-order valence-corrected chi connectivity index (χ3v) is 4.97.